The molecule has 1 aliphatic rings. The molecule has 1 aromatic rings. The number of hydrogen-bond acceptors (Lipinski definition) is 9. The van der Waals surface area contributed by atoms with Crippen molar-refractivity contribution in [2.75, 3.05) is 13.1 Å². The highest BCUT2D eigenvalue weighted by Gasteiger charge is 2.40. The molecule has 6 atom stereocenters. The molecule has 16 heteroatoms. The van der Waals surface area contributed by atoms with Crippen LogP contribution in [0.5, 0.6) is 5.75 Å². The summed E-state index contributed by atoms with van der Waals surface area (Å²) in [5.41, 5.74) is 12.1. The number of nitrogens with one attached hydrogen (secondary N) is 4. The molecular weight excluding hydrogens is 626 g/mol. The Hall–Kier alpha value is -4.73. The molecule has 0 saturated carbocycles. The Labute approximate surface area is 279 Å². The predicted octanol–water partition coefficient (Wildman–Crippen LogP) is -1.12. The van der Waals surface area contributed by atoms with E-state index in [1.165, 1.54) is 17.0 Å². The Kier molecular flexibility index (Phi) is 15.3. The van der Waals surface area contributed by atoms with Crippen LogP contribution >= 0.6 is 0 Å². The first-order valence-corrected chi connectivity index (χ1v) is 16.1. The number of benzene rings is 1. The van der Waals surface area contributed by atoms with E-state index < -0.39 is 84.6 Å². The van der Waals surface area contributed by atoms with Crippen LogP contribution in [0.2, 0.25) is 0 Å². The van der Waals surface area contributed by atoms with Gasteiger partial charge < -0.3 is 47.8 Å². The summed E-state index contributed by atoms with van der Waals surface area (Å²) in [6, 6.07) is 0.841. The van der Waals surface area contributed by atoms with Crippen LogP contribution < -0.4 is 32.7 Å². The van der Waals surface area contributed by atoms with Crippen molar-refractivity contribution in [2.45, 2.75) is 96.4 Å². The van der Waals surface area contributed by atoms with Gasteiger partial charge in [-0.2, -0.15) is 0 Å². The largest absolute Gasteiger partial charge is 0.508 e. The lowest BCUT2D eigenvalue weighted by molar-refractivity contribution is -0.143. The van der Waals surface area contributed by atoms with Crippen molar-refractivity contribution in [1.29, 1.82) is 0 Å². The van der Waals surface area contributed by atoms with Crippen molar-refractivity contribution in [3.8, 4) is 5.75 Å². The summed E-state index contributed by atoms with van der Waals surface area (Å²) < 4.78 is 0. The maximum atomic E-state index is 13.8. The number of aromatic hydroxyl groups is 1. The van der Waals surface area contributed by atoms with E-state index in [2.05, 4.69) is 21.3 Å². The van der Waals surface area contributed by atoms with Crippen LogP contribution in [0.15, 0.2) is 24.3 Å². The Morgan fingerprint density at radius 1 is 0.958 bits per heavy atom. The van der Waals surface area contributed by atoms with Gasteiger partial charge in [-0.3, -0.25) is 33.6 Å². The molecule has 0 bridgehead atoms. The highest BCUT2D eigenvalue weighted by atomic mass is 16.4. The third-order valence-corrected chi connectivity index (χ3v) is 8.39. The van der Waals surface area contributed by atoms with Crippen LogP contribution in [-0.4, -0.2) is 99.8 Å². The van der Waals surface area contributed by atoms with Crippen molar-refractivity contribution in [3.05, 3.63) is 29.8 Å². The number of hydrogen-bond donors (Lipinski definition) is 8. The molecule has 1 aromatic carbocycles. The van der Waals surface area contributed by atoms with Gasteiger partial charge in [0, 0.05) is 19.4 Å². The van der Waals surface area contributed by atoms with E-state index in [0.717, 1.165) is 0 Å². The Morgan fingerprint density at radius 3 is 2.17 bits per heavy atom. The van der Waals surface area contributed by atoms with Crippen LogP contribution in [0.25, 0.3) is 0 Å². The Balaban J connectivity index is 2.09. The number of carbonyl (C=O) groups excluding carboxylic acids is 6. The van der Waals surface area contributed by atoms with E-state index in [-0.39, 0.29) is 37.0 Å². The smallest absolute Gasteiger partial charge is 0.303 e. The molecule has 1 aliphatic heterocycles. The van der Waals surface area contributed by atoms with Gasteiger partial charge in [0.25, 0.3) is 0 Å². The molecule has 1 saturated heterocycles. The van der Waals surface area contributed by atoms with Crippen molar-refractivity contribution in [2.24, 2.45) is 23.3 Å². The van der Waals surface area contributed by atoms with Crippen LogP contribution in [0.3, 0.4) is 0 Å². The number of nitrogens with zero attached hydrogens (tertiary/aromatic N) is 1. The van der Waals surface area contributed by atoms with Crippen molar-refractivity contribution < 1.29 is 43.8 Å². The quantitative estimate of drug-likeness (QED) is 0.0929. The fourth-order valence-corrected chi connectivity index (χ4v) is 5.15. The maximum Gasteiger partial charge on any atom is 0.303 e. The molecule has 10 N–H and O–H groups in total. The first-order valence-electron chi connectivity index (χ1n) is 16.1. The zero-order chi connectivity index (χ0) is 36.1. The summed E-state index contributed by atoms with van der Waals surface area (Å²) in [5, 5.41) is 28.7. The summed E-state index contributed by atoms with van der Waals surface area (Å²) in [4.78, 5) is 90.1. The molecule has 0 radical (unpaired) electrons. The van der Waals surface area contributed by atoms with E-state index in [4.69, 9.17) is 16.6 Å². The first kappa shape index (κ1) is 39.4. The number of rotatable bonds is 18. The first-order chi connectivity index (χ1) is 22.5. The number of carboxylic acids is 1. The SMILES string of the molecule is CCC(C)[C@H](NC(=O)CNC(=O)[C@H](CCC(=O)O)NC(=O)[C@H](N)C(C)C)C(=O)N1CCC[C@H]1C(=O)N[C@@H](Cc1ccc(O)cc1)C(N)=O. The minimum Gasteiger partial charge on any atom is -0.508 e. The van der Waals surface area contributed by atoms with Gasteiger partial charge >= 0.3 is 5.97 Å². The summed E-state index contributed by atoms with van der Waals surface area (Å²) in [5.74, 6) is -5.76. The highest BCUT2D eigenvalue weighted by Crippen LogP contribution is 2.22. The fraction of sp³-hybridized carbons (Fsp3) is 0.594. The van der Waals surface area contributed by atoms with Crippen LogP contribution in [0.4, 0.5) is 0 Å². The van der Waals surface area contributed by atoms with Gasteiger partial charge in [0.15, 0.2) is 0 Å². The zero-order valence-electron chi connectivity index (χ0n) is 27.9. The van der Waals surface area contributed by atoms with Gasteiger partial charge in [-0.15, -0.1) is 0 Å². The molecule has 1 unspecified atom stereocenters. The van der Waals surface area contributed by atoms with Crippen molar-refractivity contribution in [1.82, 2.24) is 26.2 Å². The zero-order valence-corrected chi connectivity index (χ0v) is 27.9. The number of nitrogens with two attached hydrogens (primary N) is 2. The van der Waals surface area contributed by atoms with Crippen molar-refractivity contribution >= 4 is 41.4 Å². The summed E-state index contributed by atoms with van der Waals surface area (Å²) in [6.07, 6.45) is 0.729. The van der Waals surface area contributed by atoms with Crippen LogP contribution in [-0.2, 0) is 40.0 Å². The van der Waals surface area contributed by atoms with E-state index >= 15 is 0 Å². The minimum absolute atomic E-state index is 0.0413. The number of carboxylic acid groups (broad SMARTS) is 1. The van der Waals surface area contributed by atoms with E-state index in [0.29, 0.717) is 24.8 Å². The van der Waals surface area contributed by atoms with Crippen LogP contribution in [0, 0.1) is 11.8 Å². The average Bonchev–Trinajstić information content (AvgIpc) is 3.54. The van der Waals surface area contributed by atoms with Gasteiger partial charge in [-0.25, -0.2) is 0 Å². The maximum absolute atomic E-state index is 13.8. The van der Waals surface area contributed by atoms with Gasteiger partial charge in [-0.05, 0) is 48.8 Å². The second-order valence-corrected chi connectivity index (χ2v) is 12.4. The summed E-state index contributed by atoms with van der Waals surface area (Å²) in [7, 11) is 0. The molecule has 0 aliphatic carbocycles. The Bertz CT molecular complexity index is 1320. The molecular formula is C32H49N7O9. The fourth-order valence-electron chi connectivity index (χ4n) is 5.15. The average molecular weight is 676 g/mol. The number of amides is 6. The van der Waals surface area contributed by atoms with Gasteiger partial charge in [0.05, 0.1) is 12.6 Å². The lowest BCUT2D eigenvalue weighted by Crippen LogP contribution is -2.58. The molecule has 266 valence electrons. The van der Waals surface area contributed by atoms with Crippen molar-refractivity contribution in [3.63, 3.8) is 0 Å². The normalized spacial score (nSPS) is 17.4. The minimum atomic E-state index is -1.26. The number of carbonyl (C=O) groups is 7. The number of aliphatic carboxylic acids is 1. The predicted molar refractivity (Wildman–Crippen MR) is 174 cm³/mol. The molecule has 6 amide bonds. The lowest BCUT2D eigenvalue weighted by atomic mass is 9.97. The van der Waals surface area contributed by atoms with Gasteiger partial charge in [-0.1, -0.05) is 46.2 Å². The second-order valence-electron chi connectivity index (χ2n) is 12.4. The molecule has 48 heavy (non-hydrogen) atoms. The molecule has 0 aromatic heterocycles. The number of phenolic OH excluding ortho intramolecular Hbond substituents is 1. The standard InChI is InChI=1S/C32H49N7O9/c1-5-18(4)27(38-24(41)16-35-29(45)21(12-13-25(42)43)36-31(47)26(33)17(2)3)32(48)39-14-6-7-23(39)30(46)37-22(28(34)44)15-19-8-10-20(40)11-9-19/h8-11,17-18,21-23,26-27,40H,5-7,12-16,33H2,1-4H3,(H2,34,44)(H,35,45)(H,36,47)(H,37,46)(H,38,41)(H,42,43)/t18?,21-,22-,23-,26+,27-/m0/s1. The Morgan fingerprint density at radius 2 is 1.60 bits per heavy atom. The molecule has 0 spiro atoms. The lowest BCUT2D eigenvalue weighted by Gasteiger charge is -2.32. The number of primary amides is 1. The van der Waals surface area contributed by atoms with Gasteiger partial charge in [0.2, 0.25) is 35.4 Å². The third kappa shape index (κ3) is 11.8. The van der Waals surface area contributed by atoms with E-state index in [1.807, 2.05) is 6.92 Å². The van der Waals surface area contributed by atoms with Crippen LogP contribution in [0.1, 0.15) is 65.4 Å². The van der Waals surface area contributed by atoms with E-state index in [9.17, 15) is 38.7 Å². The molecule has 16 nitrogen and oxygen atoms in total. The summed E-state index contributed by atoms with van der Waals surface area (Å²) >= 11 is 0. The number of phenols is 1. The highest BCUT2D eigenvalue weighted by molar-refractivity contribution is 5.96. The topological polar surface area (TPSA) is 263 Å². The molecule has 2 rings (SSSR count). The summed E-state index contributed by atoms with van der Waals surface area (Å²) in [6.45, 7) is 6.66. The molecule has 1 fully saturated rings. The molecule has 1 heterocycles. The number of likely N-dealkylation sites (tertiary alicyclic amines) is 1. The second kappa shape index (κ2) is 18.6. The van der Waals surface area contributed by atoms with Gasteiger partial charge in [0.1, 0.15) is 29.9 Å². The third-order valence-electron chi connectivity index (χ3n) is 8.39. The van der Waals surface area contributed by atoms with E-state index in [1.54, 1.807) is 32.9 Å². The monoisotopic (exact) mass is 675 g/mol.